The van der Waals surface area contributed by atoms with Gasteiger partial charge in [0.2, 0.25) is 0 Å². The van der Waals surface area contributed by atoms with Crippen LogP contribution in [0.1, 0.15) is 46.5 Å². The van der Waals surface area contributed by atoms with E-state index in [1.807, 2.05) is 19.9 Å². The third-order valence-corrected chi connectivity index (χ3v) is 4.82. The summed E-state index contributed by atoms with van der Waals surface area (Å²) in [6.07, 6.45) is 4.67. The van der Waals surface area contributed by atoms with Crippen LogP contribution in [0.5, 0.6) is 0 Å². The summed E-state index contributed by atoms with van der Waals surface area (Å²) in [5, 5.41) is 21.0. The Morgan fingerprint density at radius 2 is 1.92 bits per heavy atom. The number of aliphatic hydroxyl groups is 2. The summed E-state index contributed by atoms with van der Waals surface area (Å²) in [5.41, 5.74) is 0. The molecule has 148 valence electrons. The van der Waals surface area contributed by atoms with Crippen LogP contribution in [0.25, 0.3) is 0 Å². The predicted octanol–water partition coefficient (Wildman–Crippen LogP) is 2.18. The number of allylic oxidation sites excluding steroid dienone is 3. The Bertz CT molecular complexity index is 512. The molecule has 0 aliphatic carbocycles. The normalized spacial score (nSPS) is 37.8. The highest BCUT2D eigenvalue weighted by Crippen LogP contribution is 2.25. The molecule has 0 saturated carbocycles. The number of aliphatic hydroxyl groups excluding tert-OH is 2. The highest BCUT2D eigenvalue weighted by molar-refractivity contribution is 5.91. The highest BCUT2D eigenvalue weighted by atomic mass is 16.5. The molecule has 0 aromatic rings. The van der Waals surface area contributed by atoms with Crippen molar-refractivity contribution in [1.82, 2.24) is 0 Å². The van der Waals surface area contributed by atoms with E-state index < -0.39 is 24.3 Å². The van der Waals surface area contributed by atoms with Gasteiger partial charge in [0, 0.05) is 19.4 Å². The van der Waals surface area contributed by atoms with Crippen LogP contribution in [0.4, 0.5) is 0 Å². The quantitative estimate of drug-likeness (QED) is 0.726. The van der Waals surface area contributed by atoms with E-state index in [0.717, 1.165) is 0 Å². The number of ether oxygens (including phenoxy) is 2. The summed E-state index contributed by atoms with van der Waals surface area (Å²) in [7, 11) is 1.39. The number of hydrogen-bond acceptors (Lipinski definition) is 6. The third-order valence-electron chi connectivity index (χ3n) is 4.82. The first-order valence-corrected chi connectivity index (χ1v) is 9.25. The summed E-state index contributed by atoms with van der Waals surface area (Å²) in [4.78, 5) is 24.3. The molecule has 0 bridgehead atoms. The maximum Gasteiger partial charge on any atom is 0.308 e. The molecule has 1 heterocycles. The molecule has 0 spiro atoms. The Morgan fingerprint density at radius 3 is 2.54 bits per heavy atom. The molecule has 0 aromatic carbocycles. The number of hydrogen-bond donors (Lipinski definition) is 2. The van der Waals surface area contributed by atoms with Gasteiger partial charge in [-0.25, -0.2) is 0 Å². The van der Waals surface area contributed by atoms with E-state index in [0.29, 0.717) is 19.3 Å². The topological polar surface area (TPSA) is 93.1 Å². The molecule has 0 radical (unpaired) electrons. The van der Waals surface area contributed by atoms with E-state index in [1.165, 1.54) is 13.2 Å². The smallest absolute Gasteiger partial charge is 0.308 e. The third kappa shape index (κ3) is 7.02. The Balaban J connectivity index is 3.04. The lowest BCUT2D eigenvalue weighted by Gasteiger charge is -2.32. The first-order chi connectivity index (χ1) is 12.3. The average molecular weight is 368 g/mol. The van der Waals surface area contributed by atoms with Gasteiger partial charge < -0.3 is 19.7 Å². The van der Waals surface area contributed by atoms with Gasteiger partial charge in [-0.3, -0.25) is 9.59 Å². The van der Waals surface area contributed by atoms with E-state index in [2.05, 4.69) is 0 Å². The fourth-order valence-corrected chi connectivity index (χ4v) is 3.18. The number of methoxy groups -OCH3 is 1. The summed E-state index contributed by atoms with van der Waals surface area (Å²) in [6.45, 7) is 5.49. The molecular formula is C20H32O6. The summed E-state index contributed by atoms with van der Waals surface area (Å²) in [6, 6.07) is 0. The van der Waals surface area contributed by atoms with Crippen LogP contribution in [-0.4, -0.2) is 53.5 Å². The minimum atomic E-state index is -1.18. The lowest BCUT2D eigenvalue weighted by atomic mass is 9.83. The number of rotatable bonds is 2. The summed E-state index contributed by atoms with van der Waals surface area (Å²) >= 11 is 0. The maximum atomic E-state index is 12.2. The van der Waals surface area contributed by atoms with Crippen molar-refractivity contribution < 1.29 is 29.3 Å². The second-order valence-corrected chi connectivity index (χ2v) is 6.99. The number of esters is 1. The van der Waals surface area contributed by atoms with Gasteiger partial charge in [-0.15, -0.1) is 0 Å². The van der Waals surface area contributed by atoms with Crippen molar-refractivity contribution in [2.45, 2.75) is 70.9 Å². The second-order valence-electron chi connectivity index (χ2n) is 6.99. The van der Waals surface area contributed by atoms with Crippen molar-refractivity contribution in [2.75, 3.05) is 7.11 Å². The van der Waals surface area contributed by atoms with Crippen LogP contribution in [-0.2, 0) is 19.1 Å². The monoisotopic (exact) mass is 368 g/mol. The fraction of sp³-hybridized carbons (Fsp3) is 0.700. The van der Waals surface area contributed by atoms with Gasteiger partial charge in [-0.05, 0) is 25.3 Å². The summed E-state index contributed by atoms with van der Waals surface area (Å²) in [5.74, 6) is -1.04. The highest BCUT2D eigenvalue weighted by Gasteiger charge is 2.35. The fourth-order valence-electron chi connectivity index (χ4n) is 3.18. The van der Waals surface area contributed by atoms with Gasteiger partial charge in [-0.1, -0.05) is 38.5 Å². The van der Waals surface area contributed by atoms with Crippen molar-refractivity contribution in [1.29, 1.82) is 0 Å². The molecule has 0 aromatic heterocycles. The Morgan fingerprint density at radius 1 is 1.23 bits per heavy atom. The van der Waals surface area contributed by atoms with Crippen molar-refractivity contribution in [3.8, 4) is 0 Å². The van der Waals surface area contributed by atoms with Gasteiger partial charge in [0.1, 0.15) is 12.2 Å². The molecule has 0 unspecified atom stereocenters. The molecule has 1 rings (SSSR count). The molecule has 1 aliphatic heterocycles. The van der Waals surface area contributed by atoms with Gasteiger partial charge in [0.05, 0.1) is 18.6 Å². The van der Waals surface area contributed by atoms with Gasteiger partial charge >= 0.3 is 5.97 Å². The second kappa shape index (κ2) is 11.3. The average Bonchev–Trinajstić information content (AvgIpc) is 2.58. The maximum absolute atomic E-state index is 12.2. The van der Waals surface area contributed by atoms with Crippen LogP contribution in [0.2, 0.25) is 0 Å². The first kappa shape index (κ1) is 22.5. The first-order valence-electron chi connectivity index (χ1n) is 9.25. The molecule has 0 saturated heterocycles. The van der Waals surface area contributed by atoms with Crippen LogP contribution in [0.15, 0.2) is 24.3 Å². The lowest BCUT2D eigenvalue weighted by molar-refractivity contribution is -0.156. The zero-order chi connectivity index (χ0) is 19.7. The molecule has 0 fully saturated rings. The molecule has 0 amide bonds. The van der Waals surface area contributed by atoms with Crippen molar-refractivity contribution >= 4 is 11.8 Å². The number of ketones is 1. The van der Waals surface area contributed by atoms with Crippen LogP contribution >= 0.6 is 0 Å². The molecular weight excluding hydrogens is 336 g/mol. The van der Waals surface area contributed by atoms with Crippen LogP contribution < -0.4 is 0 Å². The molecule has 6 heteroatoms. The van der Waals surface area contributed by atoms with Crippen molar-refractivity contribution in [3.05, 3.63) is 24.3 Å². The van der Waals surface area contributed by atoms with E-state index in [4.69, 9.17) is 9.47 Å². The molecule has 26 heavy (non-hydrogen) atoms. The van der Waals surface area contributed by atoms with Gasteiger partial charge in [0.15, 0.2) is 5.78 Å². The minimum Gasteiger partial charge on any atom is -0.462 e. The van der Waals surface area contributed by atoms with Crippen LogP contribution in [0, 0.1) is 11.8 Å². The zero-order valence-corrected chi connectivity index (χ0v) is 16.1. The Labute approximate surface area is 155 Å². The Hall–Kier alpha value is -1.50. The van der Waals surface area contributed by atoms with E-state index in [9.17, 15) is 19.8 Å². The number of cyclic esters (lactones) is 1. The summed E-state index contributed by atoms with van der Waals surface area (Å²) < 4.78 is 10.5. The van der Waals surface area contributed by atoms with E-state index in [1.54, 1.807) is 19.1 Å². The van der Waals surface area contributed by atoms with Crippen molar-refractivity contribution in [2.24, 2.45) is 11.8 Å². The standard InChI is InChI=1S/C20H32O6/c1-5-15-11-13(2)16(21)10-8-6-7-9-14(3)26-18(23)12-17(22)20(25-4)19(15)24/h6-8,10,13-15,17,19-20,22,24H,5,9,11-12H2,1-4H3/b7-6+,10-8+/t13-,14-,15-,17-,19-,20-/m1/s1. The number of carbonyl (C=O) groups is 2. The lowest BCUT2D eigenvalue weighted by Crippen LogP contribution is -2.45. The Kier molecular flexibility index (Phi) is 9.76. The molecule has 6 nitrogen and oxygen atoms in total. The molecule has 2 N–H and O–H groups in total. The van der Waals surface area contributed by atoms with Crippen molar-refractivity contribution in [3.63, 3.8) is 0 Å². The predicted molar refractivity (Wildman–Crippen MR) is 98.4 cm³/mol. The SMILES string of the molecule is CC[C@@H]1C[C@@H](C)C(=O)/C=C/C=C/C[C@@H](C)OC(=O)C[C@@H](O)[C@@H](OC)[C@@H]1O. The zero-order valence-electron chi connectivity index (χ0n) is 16.1. The van der Waals surface area contributed by atoms with Gasteiger partial charge in [-0.2, -0.15) is 0 Å². The van der Waals surface area contributed by atoms with Crippen LogP contribution in [0.3, 0.4) is 0 Å². The molecule has 1 aliphatic rings. The largest absolute Gasteiger partial charge is 0.462 e. The minimum absolute atomic E-state index is 0.0126. The van der Waals surface area contributed by atoms with E-state index in [-0.39, 0.29) is 30.1 Å². The number of carbonyl (C=O) groups excluding carboxylic acids is 2. The van der Waals surface area contributed by atoms with E-state index >= 15 is 0 Å². The molecule has 6 atom stereocenters. The van der Waals surface area contributed by atoms with Gasteiger partial charge in [0.25, 0.3) is 0 Å².